The van der Waals surface area contributed by atoms with Crippen LogP contribution in [0, 0.1) is 0 Å². The lowest BCUT2D eigenvalue weighted by Gasteiger charge is -2.05. The molecule has 0 aliphatic heterocycles. The second-order valence-corrected chi connectivity index (χ2v) is 5.18. The molecule has 21 heavy (non-hydrogen) atoms. The molecule has 0 aliphatic rings. The Morgan fingerprint density at radius 3 is 2.67 bits per heavy atom. The Morgan fingerprint density at radius 1 is 1.19 bits per heavy atom. The minimum absolute atomic E-state index is 0.139. The summed E-state index contributed by atoms with van der Waals surface area (Å²) in [7, 11) is 0. The maximum absolute atomic E-state index is 11.1. The lowest BCUT2D eigenvalue weighted by Crippen LogP contribution is -2.01. The van der Waals surface area contributed by atoms with E-state index >= 15 is 0 Å². The molecule has 7 heteroatoms. The van der Waals surface area contributed by atoms with Gasteiger partial charge in [-0.15, -0.1) is 0 Å². The monoisotopic (exact) mass is 321 g/mol. The van der Waals surface area contributed by atoms with Crippen molar-refractivity contribution in [3.05, 3.63) is 56.9 Å². The van der Waals surface area contributed by atoms with Gasteiger partial charge >= 0.3 is 0 Å². The van der Waals surface area contributed by atoms with Crippen LogP contribution in [0.3, 0.4) is 0 Å². The van der Waals surface area contributed by atoms with Gasteiger partial charge in [0.1, 0.15) is 5.69 Å². The Bertz CT molecular complexity index is 850. The van der Waals surface area contributed by atoms with Crippen LogP contribution in [0.4, 0.5) is 5.88 Å². The second-order valence-electron chi connectivity index (χ2n) is 4.34. The van der Waals surface area contributed by atoms with E-state index in [1.54, 1.807) is 24.3 Å². The summed E-state index contributed by atoms with van der Waals surface area (Å²) < 4.78 is 5.06. The van der Waals surface area contributed by atoms with Gasteiger partial charge < -0.3 is 15.2 Å². The average molecular weight is 322 g/mol. The highest BCUT2D eigenvalue weighted by Crippen LogP contribution is 2.39. The van der Waals surface area contributed by atoms with E-state index in [1.807, 2.05) is 0 Å². The van der Waals surface area contributed by atoms with Gasteiger partial charge in [-0.2, -0.15) is 0 Å². The largest absolute Gasteiger partial charge is 0.367 e. The number of benzene rings is 1. The van der Waals surface area contributed by atoms with Gasteiger partial charge in [0.15, 0.2) is 0 Å². The molecule has 0 atom stereocenters. The van der Waals surface area contributed by atoms with Gasteiger partial charge in [-0.3, -0.25) is 4.79 Å². The molecule has 0 radical (unpaired) electrons. The number of aromatic nitrogens is 2. The molecular formula is C14H9Cl2N3O2. The van der Waals surface area contributed by atoms with E-state index in [0.29, 0.717) is 32.4 Å². The normalized spacial score (nSPS) is 10.8. The van der Waals surface area contributed by atoms with Gasteiger partial charge in [-0.25, -0.2) is 0 Å². The fraction of sp³-hybridized carbons (Fsp3) is 0. The quantitative estimate of drug-likeness (QED) is 0.755. The number of nitrogens with zero attached hydrogens (tertiary/aromatic N) is 1. The van der Waals surface area contributed by atoms with Crippen LogP contribution in [0.15, 0.2) is 45.8 Å². The molecule has 106 valence electrons. The smallest absolute Gasteiger partial charge is 0.247 e. The number of aromatic amines is 1. The Labute approximate surface area is 129 Å². The van der Waals surface area contributed by atoms with Crippen molar-refractivity contribution >= 4 is 29.1 Å². The first-order chi connectivity index (χ1) is 10.1. The van der Waals surface area contributed by atoms with Crippen LogP contribution in [0.5, 0.6) is 0 Å². The molecule has 2 aromatic heterocycles. The van der Waals surface area contributed by atoms with Gasteiger partial charge in [0.2, 0.25) is 11.4 Å². The lowest BCUT2D eigenvalue weighted by atomic mass is 10.0. The number of halogens is 2. The topological polar surface area (TPSA) is 84.9 Å². The van der Waals surface area contributed by atoms with E-state index < -0.39 is 0 Å². The van der Waals surface area contributed by atoms with Gasteiger partial charge in [0, 0.05) is 28.4 Å². The van der Waals surface area contributed by atoms with Crippen LogP contribution < -0.4 is 11.3 Å². The zero-order valence-electron chi connectivity index (χ0n) is 10.6. The number of nitrogens with one attached hydrogen (secondary N) is 1. The summed E-state index contributed by atoms with van der Waals surface area (Å²) in [6, 6.07) is 8.08. The third-order valence-corrected chi connectivity index (χ3v) is 3.52. The van der Waals surface area contributed by atoms with Gasteiger partial charge in [-0.05, 0) is 18.2 Å². The number of nitrogen functional groups attached to an aromatic ring is 1. The first kappa shape index (κ1) is 13.7. The van der Waals surface area contributed by atoms with Crippen LogP contribution >= 0.6 is 23.2 Å². The van der Waals surface area contributed by atoms with Crippen LogP contribution in [-0.2, 0) is 0 Å². The minimum atomic E-state index is -0.207. The highest BCUT2D eigenvalue weighted by atomic mass is 35.5. The van der Waals surface area contributed by atoms with Gasteiger partial charge in [0.05, 0.1) is 10.6 Å². The number of nitrogens with two attached hydrogens (primary N) is 1. The molecule has 0 fully saturated rings. The van der Waals surface area contributed by atoms with Crippen LogP contribution in [0.2, 0.25) is 10.0 Å². The molecule has 3 rings (SSSR count). The molecule has 5 nitrogen and oxygen atoms in total. The molecule has 0 spiro atoms. The van der Waals surface area contributed by atoms with Crippen LogP contribution in [0.25, 0.3) is 22.4 Å². The summed E-state index contributed by atoms with van der Waals surface area (Å²) in [5.74, 6) is 0.139. The zero-order valence-corrected chi connectivity index (χ0v) is 12.1. The average Bonchev–Trinajstić information content (AvgIpc) is 2.82. The van der Waals surface area contributed by atoms with E-state index in [2.05, 4.69) is 10.1 Å². The van der Waals surface area contributed by atoms with E-state index in [1.165, 1.54) is 12.3 Å². The standard InChI is InChI=1S/C14H9Cl2N3O2/c15-8-2-3-9(10(16)5-8)12-13(19-21-14(12)17)7-1-4-11(20)18-6-7/h1-6H,17H2,(H,18,20). The lowest BCUT2D eigenvalue weighted by molar-refractivity contribution is 0.439. The van der Waals surface area contributed by atoms with E-state index in [-0.39, 0.29) is 11.4 Å². The van der Waals surface area contributed by atoms with Crippen molar-refractivity contribution in [2.24, 2.45) is 0 Å². The Hall–Kier alpha value is -2.24. The van der Waals surface area contributed by atoms with Crippen molar-refractivity contribution < 1.29 is 4.52 Å². The molecule has 0 saturated heterocycles. The number of pyridine rings is 1. The highest BCUT2D eigenvalue weighted by molar-refractivity contribution is 6.36. The molecule has 2 heterocycles. The number of hydrogen-bond donors (Lipinski definition) is 2. The van der Waals surface area contributed by atoms with Crippen LogP contribution in [-0.4, -0.2) is 10.1 Å². The molecule has 0 saturated carbocycles. The summed E-state index contributed by atoms with van der Waals surface area (Å²) in [5.41, 5.74) is 8.02. The Kier molecular flexibility index (Phi) is 3.45. The number of H-pyrrole nitrogens is 1. The molecule has 3 aromatic rings. The summed E-state index contributed by atoms with van der Waals surface area (Å²) in [6.07, 6.45) is 1.53. The molecule has 3 N–H and O–H groups in total. The van der Waals surface area contributed by atoms with Gasteiger partial charge in [-0.1, -0.05) is 34.4 Å². The first-order valence-corrected chi connectivity index (χ1v) is 6.71. The van der Waals surface area contributed by atoms with Crippen molar-refractivity contribution in [3.8, 4) is 22.4 Å². The highest BCUT2D eigenvalue weighted by Gasteiger charge is 2.19. The van der Waals surface area contributed by atoms with Gasteiger partial charge in [0.25, 0.3) is 0 Å². The third-order valence-electron chi connectivity index (χ3n) is 2.98. The summed E-state index contributed by atoms with van der Waals surface area (Å²) in [4.78, 5) is 13.7. The number of rotatable bonds is 2. The predicted octanol–water partition coefficient (Wildman–Crippen LogP) is 3.59. The third kappa shape index (κ3) is 2.53. The minimum Gasteiger partial charge on any atom is -0.367 e. The van der Waals surface area contributed by atoms with E-state index in [9.17, 15) is 4.79 Å². The first-order valence-electron chi connectivity index (χ1n) is 5.96. The van der Waals surface area contributed by atoms with Crippen molar-refractivity contribution in [3.63, 3.8) is 0 Å². The summed E-state index contributed by atoms with van der Waals surface area (Å²) in [5, 5.41) is 4.89. The molecular weight excluding hydrogens is 313 g/mol. The fourth-order valence-corrected chi connectivity index (χ4v) is 2.51. The van der Waals surface area contributed by atoms with E-state index in [0.717, 1.165) is 0 Å². The maximum atomic E-state index is 11.1. The maximum Gasteiger partial charge on any atom is 0.247 e. The molecule has 1 aromatic carbocycles. The SMILES string of the molecule is Nc1onc(-c2ccc(=O)[nH]c2)c1-c1ccc(Cl)cc1Cl. The van der Waals surface area contributed by atoms with Crippen molar-refractivity contribution in [2.75, 3.05) is 5.73 Å². The zero-order chi connectivity index (χ0) is 15.0. The molecule has 0 amide bonds. The molecule has 0 bridgehead atoms. The number of hydrogen-bond acceptors (Lipinski definition) is 4. The van der Waals surface area contributed by atoms with Crippen molar-refractivity contribution in [1.82, 2.24) is 10.1 Å². The second kappa shape index (κ2) is 5.27. The molecule has 0 aliphatic carbocycles. The predicted molar refractivity (Wildman–Crippen MR) is 82.4 cm³/mol. The van der Waals surface area contributed by atoms with Crippen molar-refractivity contribution in [1.29, 1.82) is 0 Å². The Morgan fingerprint density at radius 2 is 2.00 bits per heavy atom. The summed E-state index contributed by atoms with van der Waals surface area (Å²) in [6.45, 7) is 0. The summed E-state index contributed by atoms with van der Waals surface area (Å²) >= 11 is 12.1. The Balaban J connectivity index is 2.21. The van der Waals surface area contributed by atoms with E-state index in [4.69, 9.17) is 33.5 Å². The fourth-order valence-electron chi connectivity index (χ4n) is 2.01. The van der Waals surface area contributed by atoms with Crippen molar-refractivity contribution in [2.45, 2.75) is 0 Å². The number of anilines is 1. The molecule has 0 unspecified atom stereocenters. The van der Waals surface area contributed by atoms with Crippen LogP contribution in [0.1, 0.15) is 0 Å².